The average molecular weight is 420 g/mol. The van der Waals surface area contributed by atoms with Crippen LogP contribution in [0.1, 0.15) is 49.3 Å². The predicted octanol–water partition coefficient (Wildman–Crippen LogP) is 5.12. The van der Waals surface area contributed by atoms with E-state index in [9.17, 15) is 4.79 Å². The van der Waals surface area contributed by atoms with Gasteiger partial charge in [-0.2, -0.15) is 0 Å². The van der Waals surface area contributed by atoms with Crippen LogP contribution in [0.3, 0.4) is 0 Å². The normalized spacial score (nSPS) is 15.3. The first-order chi connectivity index (χ1) is 15.1. The topological polar surface area (TPSA) is 57.4 Å². The number of piperidine rings is 1. The zero-order valence-corrected chi connectivity index (χ0v) is 18.8. The molecule has 1 aliphatic heterocycles. The Balaban J connectivity index is 1.37. The van der Waals surface area contributed by atoms with Gasteiger partial charge in [-0.25, -0.2) is 0 Å². The number of fused-ring (bicyclic) bond motifs is 1. The van der Waals surface area contributed by atoms with Crippen molar-refractivity contribution in [2.24, 2.45) is 0 Å². The van der Waals surface area contributed by atoms with Gasteiger partial charge in [0.15, 0.2) is 0 Å². The molecule has 5 heteroatoms. The maximum atomic E-state index is 12.8. The van der Waals surface area contributed by atoms with E-state index in [-0.39, 0.29) is 5.91 Å². The summed E-state index contributed by atoms with van der Waals surface area (Å²) in [4.78, 5) is 18.5. The van der Waals surface area contributed by atoms with Gasteiger partial charge in [0.25, 0.3) is 0 Å². The molecule has 1 aromatic heterocycles. The summed E-state index contributed by atoms with van der Waals surface area (Å²) >= 11 is 0. The number of aromatic amines is 1. The van der Waals surface area contributed by atoms with Crippen molar-refractivity contribution in [2.75, 3.05) is 32.1 Å². The van der Waals surface area contributed by atoms with E-state index in [2.05, 4.69) is 65.6 Å². The van der Waals surface area contributed by atoms with Gasteiger partial charge in [-0.05, 0) is 79.6 Å². The smallest absolute Gasteiger partial charge is 0.238 e. The van der Waals surface area contributed by atoms with Crippen molar-refractivity contribution < 1.29 is 9.53 Å². The lowest BCUT2D eigenvalue weighted by Crippen LogP contribution is -2.39. The first-order valence-electron chi connectivity index (χ1n) is 11.4. The molecular formula is C26H33N3O2. The van der Waals surface area contributed by atoms with Gasteiger partial charge in [0, 0.05) is 22.8 Å². The highest BCUT2D eigenvalue weighted by molar-refractivity contribution is 5.94. The SMILES string of the molecule is CCc1cccc(CC)c1NC(=O)CN1CCC(c2c[nH]c3ccc(OC)cc23)CC1. The third-order valence-electron chi connectivity index (χ3n) is 6.58. The van der Waals surface area contributed by atoms with Crippen LogP contribution in [0.2, 0.25) is 0 Å². The molecule has 0 spiro atoms. The number of methoxy groups -OCH3 is 1. The van der Waals surface area contributed by atoms with Gasteiger partial charge in [-0.1, -0.05) is 32.0 Å². The minimum absolute atomic E-state index is 0.0888. The lowest BCUT2D eigenvalue weighted by molar-refractivity contribution is -0.117. The quantitative estimate of drug-likeness (QED) is 0.559. The largest absolute Gasteiger partial charge is 0.497 e. The molecule has 0 bridgehead atoms. The number of nitrogens with zero attached hydrogens (tertiary/aromatic N) is 1. The number of hydrogen-bond donors (Lipinski definition) is 2. The first kappa shape index (κ1) is 21.4. The van der Waals surface area contributed by atoms with E-state index in [4.69, 9.17) is 4.74 Å². The Hall–Kier alpha value is -2.79. The molecule has 2 heterocycles. The Morgan fingerprint density at radius 2 is 1.84 bits per heavy atom. The van der Waals surface area contributed by atoms with E-state index in [0.717, 1.165) is 55.7 Å². The van der Waals surface area contributed by atoms with E-state index < -0.39 is 0 Å². The molecule has 0 aliphatic carbocycles. The summed E-state index contributed by atoms with van der Waals surface area (Å²) < 4.78 is 5.41. The van der Waals surface area contributed by atoms with Gasteiger partial charge in [-0.3, -0.25) is 9.69 Å². The summed E-state index contributed by atoms with van der Waals surface area (Å²) in [7, 11) is 1.71. The zero-order valence-electron chi connectivity index (χ0n) is 18.8. The fourth-order valence-corrected chi connectivity index (χ4v) is 4.77. The maximum absolute atomic E-state index is 12.8. The van der Waals surface area contributed by atoms with Crippen LogP contribution >= 0.6 is 0 Å². The van der Waals surface area contributed by atoms with Crippen LogP contribution in [0, 0.1) is 0 Å². The summed E-state index contributed by atoms with van der Waals surface area (Å²) in [6, 6.07) is 12.5. The highest BCUT2D eigenvalue weighted by Gasteiger charge is 2.24. The molecule has 0 unspecified atom stereocenters. The van der Waals surface area contributed by atoms with Crippen LogP contribution in [-0.4, -0.2) is 42.5 Å². The number of rotatable bonds is 7. The Morgan fingerprint density at radius 1 is 1.13 bits per heavy atom. The number of H-pyrrole nitrogens is 1. The van der Waals surface area contributed by atoms with Crippen molar-refractivity contribution in [3.63, 3.8) is 0 Å². The number of para-hydroxylation sites is 1. The van der Waals surface area contributed by atoms with E-state index in [1.54, 1.807) is 7.11 Å². The van der Waals surface area contributed by atoms with Crippen molar-refractivity contribution in [1.29, 1.82) is 0 Å². The lowest BCUT2D eigenvalue weighted by Gasteiger charge is -2.31. The third-order valence-corrected chi connectivity index (χ3v) is 6.58. The van der Waals surface area contributed by atoms with E-state index in [1.165, 1.54) is 22.1 Å². The van der Waals surface area contributed by atoms with Crippen molar-refractivity contribution in [3.05, 3.63) is 59.3 Å². The summed E-state index contributed by atoms with van der Waals surface area (Å²) in [5, 5.41) is 4.45. The molecule has 2 aromatic carbocycles. The monoisotopic (exact) mass is 419 g/mol. The molecule has 164 valence electrons. The van der Waals surface area contributed by atoms with Crippen molar-refractivity contribution in [3.8, 4) is 5.75 Å². The Kier molecular flexibility index (Phi) is 6.62. The first-order valence-corrected chi connectivity index (χ1v) is 11.4. The molecule has 1 fully saturated rings. The Bertz CT molecular complexity index is 1030. The number of aromatic nitrogens is 1. The van der Waals surface area contributed by atoms with Crippen LogP contribution in [0.5, 0.6) is 5.75 Å². The van der Waals surface area contributed by atoms with Gasteiger partial charge in [-0.15, -0.1) is 0 Å². The third kappa shape index (κ3) is 4.62. The highest BCUT2D eigenvalue weighted by Crippen LogP contribution is 2.34. The number of nitrogens with one attached hydrogen (secondary N) is 2. The number of benzene rings is 2. The molecule has 5 nitrogen and oxygen atoms in total. The van der Waals surface area contributed by atoms with Crippen LogP contribution in [-0.2, 0) is 17.6 Å². The number of carbonyl (C=O) groups excluding carboxylic acids is 1. The van der Waals surface area contributed by atoms with Gasteiger partial charge in [0.2, 0.25) is 5.91 Å². The van der Waals surface area contributed by atoms with E-state index in [0.29, 0.717) is 12.5 Å². The maximum Gasteiger partial charge on any atom is 0.238 e. The summed E-state index contributed by atoms with van der Waals surface area (Å²) in [5.74, 6) is 1.49. The minimum atomic E-state index is 0.0888. The van der Waals surface area contributed by atoms with Gasteiger partial charge in [0.05, 0.1) is 13.7 Å². The molecule has 1 saturated heterocycles. The average Bonchev–Trinajstić information content (AvgIpc) is 3.22. The Morgan fingerprint density at radius 3 is 2.48 bits per heavy atom. The summed E-state index contributed by atoms with van der Waals surface area (Å²) in [5.41, 5.74) is 5.95. The Labute approximate surface area is 184 Å². The minimum Gasteiger partial charge on any atom is -0.497 e. The number of hydrogen-bond acceptors (Lipinski definition) is 3. The molecule has 1 amide bonds. The second-order valence-corrected chi connectivity index (χ2v) is 8.41. The molecule has 2 N–H and O–H groups in total. The van der Waals surface area contributed by atoms with Crippen molar-refractivity contribution >= 4 is 22.5 Å². The van der Waals surface area contributed by atoms with E-state index in [1.807, 2.05) is 6.07 Å². The van der Waals surface area contributed by atoms with Crippen LogP contribution < -0.4 is 10.1 Å². The van der Waals surface area contributed by atoms with Crippen molar-refractivity contribution in [2.45, 2.75) is 45.4 Å². The van der Waals surface area contributed by atoms with Crippen molar-refractivity contribution in [1.82, 2.24) is 9.88 Å². The van der Waals surface area contributed by atoms with Crippen LogP contribution in [0.25, 0.3) is 10.9 Å². The lowest BCUT2D eigenvalue weighted by atomic mass is 9.89. The number of ether oxygens (including phenoxy) is 1. The number of anilines is 1. The van der Waals surface area contributed by atoms with Gasteiger partial charge in [0.1, 0.15) is 5.75 Å². The molecule has 0 atom stereocenters. The number of aryl methyl sites for hydroxylation is 2. The second kappa shape index (κ2) is 9.56. The number of carbonyl (C=O) groups is 1. The molecular weight excluding hydrogens is 386 g/mol. The van der Waals surface area contributed by atoms with Gasteiger partial charge >= 0.3 is 0 Å². The molecule has 4 rings (SSSR count). The summed E-state index contributed by atoms with van der Waals surface area (Å²) in [6.07, 6.45) is 6.10. The molecule has 3 aromatic rings. The fourth-order valence-electron chi connectivity index (χ4n) is 4.77. The van der Waals surface area contributed by atoms with E-state index >= 15 is 0 Å². The molecule has 0 saturated carbocycles. The molecule has 0 radical (unpaired) electrons. The number of amides is 1. The standard InChI is InChI=1S/C26H33N3O2/c1-4-18-7-6-8-19(5-2)26(18)28-25(30)17-29-13-11-20(12-14-29)23-16-27-24-10-9-21(31-3)15-22(23)24/h6-10,15-16,20,27H,4-5,11-14,17H2,1-3H3,(H,28,30). The molecule has 1 aliphatic rings. The van der Waals surface area contributed by atoms with Crippen LogP contribution in [0.15, 0.2) is 42.6 Å². The fraction of sp³-hybridized carbons (Fsp3) is 0.423. The predicted molar refractivity (Wildman–Crippen MR) is 127 cm³/mol. The molecule has 31 heavy (non-hydrogen) atoms. The summed E-state index contributed by atoms with van der Waals surface area (Å²) in [6.45, 7) is 6.59. The van der Waals surface area contributed by atoms with Crippen LogP contribution in [0.4, 0.5) is 5.69 Å². The zero-order chi connectivity index (χ0) is 21.8. The highest BCUT2D eigenvalue weighted by atomic mass is 16.5. The second-order valence-electron chi connectivity index (χ2n) is 8.41. The van der Waals surface area contributed by atoms with Gasteiger partial charge < -0.3 is 15.0 Å². The number of likely N-dealkylation sites (tertiary alicyclic amines) is 1.